The number of fused-ring (bicyclic) bond motifs is 1. The Kier molecular flexibility index (Phi) is 2.07. The van der Waals surface area contributed by atoms with Crippen molar-refractivity contribution in [1.82, 2.24) is 0 Å². The Labute approximate surface area is 83.8 Å². The quantitative estimate of drug-likeness (QED) is 0.696. The Balaban J connectivity index is 2.49. The van der Waals surface area contributed by atoms with Crippen molar-refractivity contribution in [2.24, 2.45) is 0 Å². The van der Waals surface area contributed by atoms with Gasteiger partial charge in [0.15, 0.2) is 0 Å². The standard InChI is InChI=1S/C11H7F3O/c1-7(11(12,13)14)8-2-3-10-9(6-8)4-5-15-10/h2-6H,1H2. The molecule has 0 N–H and O–H groups in total. The van der Waals surface area contributed by atoms with Crippen LogP contribution in [0, 0.1) is 0 Å². The summed E-state index contributed by atoms with van der Waals surface area (Å²) >= 11 is 0. The molecule has 0 saturated heterocycles. The molecule has 2 aromatic rings. The average Bonchev–Trinajstić information content (AvgIpc) is 2.61. The molecule has 0 fully saturated rings. The highest BCUT2D eigenvalue weighted by atomic mass is 19.4. The van der Waals surface area contributed by atoms with Crippen molar-refractivity contribution in [1.29, 1.82) is 0 Å². The largest absolute Gasteiger partial charge is 0.464 e. The molecule has 4 heteroatoms. The Bertz CT molecular complexity index is 508. The van der Waals surface area contributed by atoms with Crippen LogP contribution in [0.4, 0.5) is 13.2 Å². The lowest BCUT2D eigenvalue weighted by Crippen LogP contribution is -2.09. The van der Waals surface area contributed by atoms with E-state index in [0.717, 1.165) is 0 Å². The summed E-state index contributed by atoms with van der Waals surface area (Å²) in [5.41, 5.74) is -0.212. The highest BCUT2D eigenvalue weighted by molar-refractivity contribution is 5.82. The van der Waals surface area contributed by atoms with E-state index in [4.69, 9.17) is 4.42 Å². The molecule has 0 amide bonds. The van der Waals surface area contributed by atoms with E-state index in [2.05, 4.69) is 6.58 Å². The molecule has 1 heterocycles. The minimum atomic E-state index is -4.39. The summed E-state index contributed by atoms with van der Waals surface area (Å²) in [5.74, 6) is 0. The monoisotopic (exact) mass is 212 g/mol. The number of benzene rings is 1. The summed E-state index contributed by atoms with van der Waals surface area (Å²) in [7, 11) is 0. The molecule has 0 unspecified atom stereocenters. The van der Waals surface area contributed by atoms with E-state index in [1.165, 1.54) is 24.5 Å². The molecule has 1 aromatic heterocycles. The van der Waals surface area contributed by atoms with Gasteiger partial charge in [0.25, 0.3) is 0 Å². The normalized spacial score (nSPS) is 11.9. The molecule has 0 bridgehead atoms. The first-order chi connectivity index (χ1) is 6.98. The van der Waals surface area contributed by atoms with Gasteiger partial charge in [-0.2, -0.15) is 13.2 Å². The summed E-state index contributed by atoms with van der Waals surface area (Å²) in [6.45, 7) is 3.03. The van der Waals surface area contributed by atoms with Gasteiger partial charge in [-0.05, 0) is 23.8 Å². The highest BCUT2D eigenvalue weighted by Gasteiger charge is 2.32. The van der Waals surface area contributed by atoms with Crippen molar-refractivity contribution >= 4 is 16.5 Å². The van der Waals surface area contributed by atoms with E-state index in [0.29, 0.717) is 11.0 Å². The zero-order chi connectivity index (χ0) is 11.1. The molecule has 0 atom stereocenters. The van der Waals surface area contributed by atoms with Gasteiger partial charge in [0, 0.05) is 5.39 Å². The molecule has 0 aliphatic heterocycles. The van der Waals surface area contributed by atoms with Gasteiger partial charge in [0.05, 0.1) is 11.8 Å². The zero-order valence-corrected chi connectivity index (χ0v) is 7.64. The number of hydrogen-bond acceptors (Lipinski definition) is 1. The highest BCUT2D eigenvalue weighted by Crippen LogP contribution is 2.33. The number of furan rings is 1. The predicted molar refractivity (Wildman–Crippen MR) is 51.3 cm³/mol. The fourth-order valence-electron chi connectivity index (χ4n) is 1.32. The van der Waals surface area contributed by atoms with Gasteiger partial charge < -0.3 is 4.42 Å². The minimum Gasteiger partial charge on any atom is -0.464 e. The maximum absolute atomic E-state index is 12.3. The molecule has 2 rings (SSSR count). The third kappa shape index (κ3) is 1.75. The molecule has 0 saturated carbocycles. The van der Waals surface area contributed by atoms with E-state index in [1.54, 1.807) is 6.07 Å². The Morgan fingerprint density at radius 2 is 1.93 bits per heavy atom. The van der Waals surface area contributed by atoms with Gasteiger partial charge in [0.1, 0.15) is 5.58 Å². The minimum absolute atomic E-state index is 0.0661. The van der Waals surface area contributed by atoms with Crippen LogP contribution in [-0.4, -0.2) is 6.18 Å². The lowest BCUT2D eigenvalue weighted by Gasteiger charge is -2.09. The van der Waals surface area contributed by atoms with Crippen molar-refractivity contribution in [3.05, 3.63) is 42.7 Å². The van der Waals surface area contributed by atoms with E-state index in [1.807, 2.05) is 0 Å². The van der Waals surface area contributed by atoms with Crippen molar-refractivity contribution in [2.75, 3.05) is 0 Å². The van der Waals surface area contributed by atoms with Crippen molar-refractivity contribution in [3.63, 3.8) is 0 Å². The smallest absolute Gasteiger partial charge is 0.416 e. The fourth-order valence-corrected chi connectivity index (χ4v) is 1.32. The first-order valence-corrected chi connectivity index (χ1v) is 4.22. The van der Waals surface area contributed by atoms with Crippen LogP contribution in [0.3, 0.4) is 0 Å². The molecule has 0 aliphatic rings. The van der Waals surface area contributed by atoms with Crippen LogP contribution >= 0.6 is 0 Å². The molecule has 78 valence electrons. The van der Waals surface area contributed by atoms with Crippen LogP contribution in [0.1, 0.15) is 5.56 Å². The molecule has 0 radical (unpaired) electrons. The van der Waals surface area contributed by atoms with Gasteiger partial charge in [-0.1, -0.05) is 12.6 Å². The zero-order valence-electron chi connectivity index (χ0n) is 7.64. The van der Waals surface area contributed by atoms with Gasteiger partial charge in [-0.3, -0.25) is 0 Å². The second kappa shape index (κ2) is 3.15. The first kappa shape index (κ1) is 9.83. The van der Waals surface area contributed by atoms with E-state index in [-0.39, 0.29) is 5.56 Å². The van der Waals surface area contributed by atoms with Gasteiger partial charge in [-0.25, -0.2) is 0 Å². The van der Waals surface area contributed by atoms with Crippen molar-refractivity contribution < 1.29 is 17.6 Å². The molecule has 1 aromatic carbocycles. The summed E-state index contributed by atoms with van der Waals surface area (Å²) in [6.07, 6.45) is -2.96. The molecule has 1 nitrogen and oxygen atoms in total. The van der Waals surface area contributed by atoms with Gasteiger partial charge >= 0.3 is 6.18 Å². The van der Waals surface area contributed by atoms with Crippen LogP contribution < -0.4 is 0 Å². The Morgan fingerprint density at radius 1 is 1.20 bits per heavy atom. The molecular weight excluding hydrogens is 205 g/mol. The molecule has 0 aliphatic carbocycles. The Hall–Kier alpha value is -1.71. The van der Waals surface area contributed by atoms with Crippen LogP contribution in [0.5, 0.6) is 0 Å². The van der Waals surface area contributed by atoms with Crippen LogP contribution in [0.25, 0.3) is 16.5 Å². The molecule has 0 spiro atoms. The van der Waals surface area contributed by atoms with Crippen molar-refractivity contribution in [2.45, 2.75) is 6.18 Å². The maximum Gasteiger partial charge on any atom is 0.416 e. The van der Waals surface area contributed by atoms with E-state index < -0.39 is 11.7 Å². The second-order valence-corrected chi connectivity index (χ2v) is 3.15. The number of hydrogen-bond donors (Lipinski definition) is 0. The lowest BCUT2D eigenvalue weighted by molar-refractivity contribution is -0.0686. The third-order valence-electron chi connectivity index (χ3n) is 2.14. The van der Waals surface area contributed by atoms with E-state index >= 15 is 0 Å². The van der Waals surface area contributed by atoms with Gasteiger partial charge in [-0.15, -0.1) is 0 Å². The SMILES string of the molecule is C=C(c1ccc2occc2c1)C(F)(F)F. The first-order valence-electron chi connectivity index (χ1n) is 4.22. The third-order valence-corrected chi connectivity index (χ3v) is 2.14. The summed E-state index contributed by atoms with van der Waals surface area (Å²) in [5, 5.41) is 0.637. The topological polar surface area (TPSA) is 13.1 Å². The second-order valence-electron chi connectivity index (χ2n) is 3.15. The molecular formula is C11H7F3O. The summed E-state index contributed by atoms with van der Waals surface area (Å²) in [4.78, 5) is 0. The van der Waals surface area contributed by atoms with Crippen LogP contribution in [0.15, 0.2) is 41.5 Å². The predicted octanol–water partition coefficient (Wildman–Crippen LogP) is 4.01. The number of rotatable bonds is 1. The summed E-state index contributed by atoms with van der Waals surface area (Å²) in [6, 6.07) is 5.88. The lowest BCUT2D eigenvalue weighted by atomic mass is 10.1. The average molecular weight is 212 g/mol. The fraction of sp³-hybridized carbons (Fsp3) is 0.0909. The van der Waals surface area contributed by atoms with Crippen molar-refractivity contribution in [3.8, 4) is 0 Å². The summed E-state index contributed by atoms with van der Waals surface area (Å²) < 4.78 is 42.0. The van der Waals surface area contributed by atoms with Gasteiger partial charge in [0.2, 0.25) is 0 Å². The number of allylic oxidation sites excluding steroid dienone is 1. The van der Waals surface area contributed by atoms with Crippen LogP contribution in [0.2, 0.25) is 0 Å². The maximum atomic E-state index is 12.3. The molecule has 15 heavy (non-hydrogen) atoms. The number of alkyl halides is 3. The number of halogens is 3. The van der Waals surface area contributed by atoms with E-state index in [9.17, 15) is 13.2 Å². The van der Waals surface area contributed by atoms with Crippen LogP contribution in [-0.2, 0) is 0 Å². The Morgan fingerprint density at radius 3 is 2.60 bits per heavy atom.